The summed E-state index contributed by atoms with van der Waals surface area (Å²) in [5.74, 6) is 0. The maximum absolute atomic E-state index is 11.8. The molecule has 0 rings (SSSR count). The fourth-order valence-corrected chi connectivity index (χ4v) is 0.850. The zero-order valence-corrected chi connectivity index (χ0v) is 8.15. The van der Waals surface area contributed by atoms with Gasteiger partial charge in [-0.15, -0.1) is 0 Å². The van der Waals surface area contributed by atoms with Gasteiger partial charge < -0.3 is 5.11 Å². The minimum absolute atomic E-state index is 0.239. The van der Waals surface area contributed by atoms with Crippen LogP contribution in [0.5, 0.6) is 0 Å². The second-order valence-corrected chi connectivity index (χ2v) is 3.92. The Labute approximate surface area is 76.3 Å². The molecule has 0 aromatic carbocycles. The third-order valence-corrected chi connectivity index (χ3v) is 1.55. The molecule has 0 radical (unpaired) electrons. The lowest BCUT2D eigenvalue weighted by Gasteiger charge is -2.23. The summed E-state index contributed by atoms with van der Waals surface area (Å²) in [5, 5.41) is 9.26. The SMILES string of the molecule is CN(CCC(C)(C)O)CC(F)(F)F. The minimum atomic E-state index is -4.16. The van der Waals surface area contributed by atoms with Crippen molar-refractivity contribution in [3.63, 3.8) is 0 Å². The van der Waals surface area contributed by atoms with Gasteiger partial charge in [0.25, 0.3) is 0 Å². The second kappa shape index (κ2) is 4.28. The summed E-state index contributed by atoms with van der Waals surface area (Å²) in [6.07, 6.45) is -3.83. The van der Waals surface area contributed by atoms with E-state index in [2.05, 4.69) is 0 Å². The maximum atomic E-state index is 11.8. The Hall–Kier alpha value is -0.290. The molecule has 0 heterocycles. The van der Waals surface area contributed by atoms with Crippen molar-refractivity contribution in [1.82, 2.24) is 4.90 Å². The molecule has 0 unspecified atom stereocenters. The van der Waals surface area contributed by atoms with E-state index < -0.39 is 18.3 Å². The van der Waals surface area contributed by atoms with Crippen LogP contribution in [0, 0.1) is 0 Å². The number of alkyl halides is 3. The molecule has 0 aliphatic rings. The molecule has 0 fully saturated rings. The number of hydrogen-bond donors (Lipinski definition) is 1. The predicted molar refractivity (Wildman–Crippen MR) is 44.5 cm³/mol. The molecule has 0 aliphatic heterocycles. The molecule has 2 nitrogen and oxygen atoms in total. The van der Waals surface area contributed by atoms with Crippen molar-refractivity contribution in [3.05, 3.63) is 0 Å². The Morgan fingerprint density at radius 2 is 1.69 bits per heavy atom. The molecular formula is C8H16F3NO. The van der Waals surface area contributed by atoms with E-state index in [4.69, 9.17) is 0 Å². The van der Waals surface area contributed by atoms with Crippen LogP contribution in [0.2, 0.25) is 0 Å². The standard InChI is InChI=1S/C8H16F3NO/c1-7(2,13)4-5-12(3)6-8(9,10)11/h13H,4-6H2,1-3H3. The van der Waals surface area contributed by atoms with E-state index in [1.165, 1.54) is 7.05 Å². The Bertz CT molecular complexity index is 150. The van der Waals surface area contributed by atoms with Gasteiger partial charge in [0.1, 0.15) is 0 Å². The summed E-state index contributed by atoms with van der Waals surface area (Å²) in [7, 11) is 1.39. The molecule has 5 heteroatoms. The Morgan fingerprint density at radius 1 is 1.23 bits per heavy atom. The molecular weight excluding hydrogens is 183 g/mol. The van der Waals surface area contributed by atoms with Crippen molar-refractivity contribution >= 4 is 0 Å². The highest BCUT2D eigenvalue weighted by atomic mass is 19.4. The molecule has 0 saturated heterocycles. The number of nitrogens with zero attached hydrogens (tertiary/aromatic N) is 1. The average Bonchev–Trinajstić information content (AvgIpc) is 1.78. The number of hydrogen-bond acceptors (Lipinski definition) is 2. The van der Waals surface area contributed by atoms with Crippen LogP contribution in [0.3, 0.4) is 0 Å². The van der Waals surface area contributed by atoms with E-state index in [1.54, 1.807) is 13.8 Å². The van der Waals surface area contributed by atoms with E-state index in [-0.39, 0.29) is 6.54 Å². The zero-order chi connectivity index (χ0) is 10.7. The monoisotopic (exact) mass is 199 g/mol. The molecule has 0 amide bonds. The Morgan fingerprint density at radius 3 is 2.00 bits per heavy atom. The number of rotatable bonds is 4. The fourth-order valence-electron chi connectivity index (χ4n) is 0.850. The molecule has 0 spiro atoms. The first-order valence-electron chi connectivity index (χ1n) is 4.08. The van der Waals surface area contributed by atoms with Gasteiger partial charge >= 0.3 is 6.18 Å². The quantitative estimate of drug-likeness (QED) is 0.744. The van der Waals surface area contributed by atoms with Crippen LogP contribution in [0.1, 0.15) is 20.3 Å². The van der Waals surface area contributed by atoms with Crippen LogP contribution in [0.25, 0.3) is 0 Å². The van der Waals surface area contributed by atoms with Crippen molar-refractivity contribution in [3.8, 4) is 0 Å². The molecule has 0 atom stereocenters. The summed E-state index contributed by atoms with van der Waals surface area (Å²) in [4.78, 5) is 1.15. The first-order valence-corrected chi connectivity index (χ1v) is 4.08. The molecule has 0 aliphatic carbocycles. The third kappa shape index (κ3) is 9.63. The lowest BCUT2D eigenvalue weighted by Crippen LogP contribution is -2.34. The van der Waals surface area contributed by atoms with Gasteiger partial charge in [0.2, 0.25) is 0 Å². The molecule has 0 bridgehead atoms. The normalized spacial score (nSPS) is 13.8. The Kier molecular flexibility index (Phi) is 4.19. The lowest BCUT2D eigenvalue weighted by atomic mass is 10.1. The molecule has 0 aromatic rings. The van der Waals surface area contributed by atoms with E-state index in [1.807, 2.05) is 0 Å². The van der Waals surface area contributed by atoms with Gasteiger partial charge in [-0.1, -0.05) is 0 Å². The van der Waals surface area contributed by atoms with Crippen molar-refractivity contribution in [1.29, 1.82) is 0 Å². The van der Waals surface area contributed by atoms with Gasteiger partial charge in [-0.3, -0.25) is 4.90 Å². The van der Waals surface area contributed by atoms with Gasteiger partial charge in [-0.25, -0.2) is 0 Å². The topological polar surface area (TPSA) is 23.5 Å². The second-order valence-electron chi connectivity index (χ2n) is 3.92. The molecule has 1 N–H and O–H groups in total. The summed E-state index contributed by atoms with van der Waals surface area (Å²) < 4.78 is 35.5. The van der Waals surface area contributed by atoms with Gasteiger partial charge in [-0.05, 0) is 27.3 Å². The first-order chi connectivity index (χ1) is 5.60. The van der Waals surface area contributed by atoms with E-state index in [0.29, 0.717) is 6.42 Å². The van der Waals surface area contributed by atoms with Crippen LogP contribution in [-0.4, -0.2) is 41.9 Å². The van der Waals surface area contributed by atoms with Crippen LogP contribution < -0.4 is 0 Å². The van der Waals surface area contributed by atoms with Crippen molar-refractivity contribution in [2.45, 2.75) is 32.0 Å². The predicted octanol–water partition coefficient (Wildman–Crippen LogP) is 1.64. The average molecular weight is 199 g/mol. The van der Waals surface area contributed by atoms with E-state index >= 15 is 0 Å². The minimum Gasteiger partial charge on any atom is -0.390 e. The summed E-state index contributed by atoms with van der Waals surface area (Å²) in [6.45, 7) is 2.47. The van der Waals surface area contributed by atoms with Crippen LogP contribution in [0.4, 0.5) is 13.2 Å². The highest BCUT2D eigenvalue weighted by molar-refractivity contribution is 4.68. The largest absolute Gasteiger partial charge is 0.401 e. The first kappa shape index (κ1) is 12.7. The number of aliphatic hydroxyl groups is 1. The van der Waals surface area contributed by atoms with Crippen molar-refractivity contribution in [2.75, 3.05) is 20.1 Å². The Balaban J connectivity index is 3.70. The summed E-state index contributed by atoms with van der Waals surface area (Å²) in [5.41, 5.74) is -0.903. The van der Waals surface area contributed by atoms with Crippen LogP contribution in [-0.2, 0) is 0 Å². The lowest BCUT2D eigenvalue weighted by molar-refractivity contribution is -0.144. The van der Waals surface area contributed by atoms with Crippen molar-refractivity contribution in [2.24, 2.45) is 0 Å². The molecule has 0 aromatic heterocycles. The van der Waals surface area contributed by atoms with Crippen molar-refractivity contribution < 1.29 is 18.3 Å². The van der Waals surface area contributed by atoms with Crippen LogP contribution >= 0.6 is 0 Å². The fraction of sp³-hybridized carbons (Fsp3) is 1.00. The third-order valence-electron chi connectivity index (χ3n) is 1.55. The van der Waals surface area contributed by atoms with E-state index in [9.17, 15) is 18.3 Å². The summed E-state index contributed by atoms with van der Waals surface area (Å²) >= 11 is 0. The molecule has 0 saturated carbocycles. The van der Waals surface area contributed by atoms with Gasteiger partial charge in [0.05, 0.1) is 12.1 Å². The zero-order valence-electron chi connectivity index (χ0n) is 8.15. The molecule has 13 heavy (non-hydrogen) atoms. The smallest absolute Gasteiger partial charge is 0.390 e. The van der Waals surface area contributed by atoms with E-state index in [0.717, 1.165) is 4.90 Å². The van der Waals surface area contributed by atoms with Gasteiger partial charge in [-0.2, -0.15) is 13.2 Å². The highest BCUT2D eigenvalue weighted by Crippen LogP contribution is 2.16. The maximum Gasteiger partial charge on any atom is 0.401 e. The van der Waals surface area contributed by atoms with Gasteiger partial charge in [0, 0.05) is 6.54 Å². The van der Waals surface area contributed by atoms with Gasteiger partial charge in [0.15, 0.2) is 0 Å². The molecule has 80 valence electrons. The number of halogens is 3. The highest BCUT2D eigenvalue weighted by Gasteiger charge is 2.29. The van der Waals surface area contributed by atoms with Crippen LogP contribution in [0.15, 0.2) is 0 Å². The summed E-state index contributed by atoms with van der Waals surface area (Å²) in [6, 6.07) is 0.